The zero-order valence-corrected chi connectivity index (χ0v) is 11.8. The number of rotatable bonds is 4. The van der Waals surface area contributed by atoms with Gasteiger partial charge in [-0.05, 0) is 19.2 Å². The standard InChI is InChI=1S/C11H13FN4O.2ClH/c1-13-2-3-14-11(17)8-4-7(12)5-9-10(8)16-6-15-9;;/h4-6,13H,2-3H2,1H3,(H,14,17)(H,15,16);2*1H. The van der Waals surface area contributed by atoms with Crippen molar-refractivity contribution >= 4 is 41.8 Å². The zero-order chi connectivity index (χ0) is 12.3. The molecular formula is C11H15Cl2FN4O. The van der Waals surface area contributed by atoms with Gasteiger partial charge in [-0.25, -0.2) is 9.37 Å². The third kappa shape index (κ3) is 4.05. The molecule has 1 heterocycles. The Balaban J connectivity index is 0.00000162. The molecule has 3 N–H and O–H groups in total. The van der Waals surface area contributed by atoms with E-state index in [1.807, 2.05) is 0 Å². The normalized spacial score (nSPS) is 9.58. The van der Waals surface area contributed by atoms with Crippen molar-refractivity contribution in [3.8, 4) is 0 Å². The minimum Gasteiger partial charge on any atom is -0.351 e. The lowest BCUT2D eigenvalue weighted by Gasteiger charge is -2.05. The summed E-state index contributed by atoms with van der Waals surface area (Å²) in [5.74, 6) is -0.780. The van der Waals surface area contributed by atoms with Gasteiger partial charge in [-0.1, -0.05) is 0 Å². The average molecular weight is 309 g/mol. The maximum absolute atomic E-state index is 13.3. The Morgan fingerprint density at radius 2 is 2.11 bits per heavy atom. The number of aromatic nitrogens is 2. The van der Waals surface area contributed by atoms with E-state index in [2.05, 4.69) is 20.6 Å². The van der Waals surface area contributed by atoms with Gasteiger partial charge in [0, 0.05) is 13.1 Å². The summed E-state index contributed by atoms with van der Waals surface area (Å²) in [4.78, 5) is 18.6. The van der Waals surface area contributed by atoms with Crippen LogP contribution in [0, 0.1) is 5.82 Å². The van der Waals surface area contributed by atoms with Gasteiger partial charge < -0.3 is 15.6 Å². The molecule has 0 aliphatic heterocycles. The van der Waals surface area contributed by atoms with E-state index >= 15 is 0 Å². The Morgan fingerprint density at radius 3 is 2.79 bits per heavy atom. The van der Waals surface area contributed by atoms with E-state index in [0.717, 1.165) is 0 Å². The van der Waals surface area contributed by atoms with Gasteiger partial charge in [-0.2, -0.15) is 0 Å². The number of hydrogen-bond donors (Lipinski definition) is 3. The Labute approximate surface area is 122 Å². The fourth-order valence-corrected chi connectivity index (χ4v) is 1.58. The monoisotopic (exact) mass is 308 g/mol. The summed E-state index contributed by atoms with van der Waals surface area (Å²) < 4.78 is 13.3. The summed E-state index contributed by atoms with van der Waals surface area (Å²) in [7, 11) is 1.79. The molecule has 1 amide bonds. The first-order chi connectivity index (χ1) is 8.22. The van der Waals surface area contributed by atoms with Gasteiger partial charge in [-0.3, -0.25) is 4.79 Å². The van der Waals surface area contributed by atoms with Crippen molar-refractivity contribution in [1.82, 2.24) is 20.6 Å². The van der Waals surface area contributed by atoms with Crippen molar-refractivity contribution in [3.63, 3.8) is 0 Å². The molecule has 5 nitrogen and oxygen atoms in total. The first-order valence-corrected chi connectivity index (χ1v) is 5.28. The molecular weight excluding hydrogens is 294 g/mol. The zero-order valence-electron chi connectivity index (χ0n) is 10.2. The van der Waals surface area contributed by atoms with Gasteiger partial charge >= 0.3 is 0 Å². The number of likely N-dealkylation sites (N-methyl/N-ethyl adjacent to an activating group) is 1. The van der Waals surface area contributed by atoms with Crippen LogP contribution in [0.4, 0.5) is 4.39 Å². The number of halogens is 3. The summed E-state index contributed by atoms with van der Waals surface area (Å²) in [5.41, 5.74) is 1.24. The van der Waals surface area contributed by atoms with Crippen LogP contribution >= 0.6 is 24.8 Å². The van der Waals surface area contributed by atoms with Gasteiger partial charge in [0.25, 0.3) is 5.91 Å². The van der Waals surface area contributed by atoms with Crippen LogP contribution in [-0.4, -0.2) is 36.0 Å². The molecule has 0 fully saturated rings. The van der Waals surface area contributed by atoms with Crippen LogP contribution in [-0.2, 0) is 0 Å². The molecule has 19 heavy (non-hydrogen) atoms. The van der Waals surface area contributed by atoms with Crippen LogP contribution in [0.3, 0.4) is 0 Å². The van der Waals surface area contributed by atoms with Crippen LogP contribution in [0.15, 0.2) is 18.5 Å². The fourth-order valence-electron chi connectivity index (χ4n) is 1.58. The van der Waals surface area contributed by atoms with E-state index in [0.29, 0.717) is 24.1 Å². The number of carbonyl (C=O) groups is 1. The molecule has 0 spiro atoms. The van der Waals surface area contributed by atoms with Crippen LogP contribution in [0.1, 0.15) is 10.4 Å². The molecule has 0 bridgehead atoms. The molecule has 1 aromatic heterocycles. The highest BCUT2D eigenvalue weighted by atomic mass is 35.5. The van der Waals surface area contributed by atoms with Crippen LogP contribution in [0.25, 0.3) is 11.0 Å². The number of amides is 1. The summed E-state index contributed by atoms with van der Waals surface area (Å²) in [6, 6.07) is 2.50. The van der Waals surface area contributed by atoms with Crippen molar-refractivity contribution in [2.45, 2.75) is 0 Å². The van der Waals surface area contributed by atoms with Gasteiger partial charge in [0.05, 0.1) is 17.4 Å². The van der Waals surface area contributed by atoms with E-state index in [1.54, 1.807) is 7.05 Å². The molecule has 0 aliphatic carbocycles. The van der Waals surface area contributed by atoms with E-state index in [4.69, 9.17) is 0 Å². The molecule has 2 aromatic rings. The average Bonchev–Trinajstić information content (AvgIpc) is 2.75. The van der Waals surface area contributed by atoms with E-state index in [1.165, 1.54) is 18.5 Å². The summed E-state index contributed by atoms with van der Waals surface area (Å²) in [6.07, 6.45) is 1.44. The van der Waals surface area contributed by atoms with Gasteiger partial charge in [0.2, 0.25) is 0 Å². The Bertz CT molecular complexity index is 546. The highest BCUT2D eigenvalue weighted by molar-refractivity contribution is 6.04. The fraction of sp³-hybridized carbons (Fsp3) is 0.273. The van der Waals surface area contributed by atoms with E-state index in [9.17, 15) is 9.18 Å². The molecule has 0 saturated carbocycles. The van der Waals surface area contributed by atoms with Gasteiger partial charge in [-0.15, -0.1) is 24.8 Å². The Hall–Kier alpha value is -1.37. The number of nitrogens with zero attached hydrogens (tertiary/aromatic N) is 1. The summed E-state index contributed by atoms with van der Waals surface area (Å²) in [6.45, 7) is 1.14. The smallest absolute Gasteiger partial charge is 0.253 e. The quantitative estimate of drug-likeness (QED) is 0.750. The molecule has 0 aliphatic rings. The number of nitrogens with one attached hydrogen (secondary N) is 3. The molecule has 106 valence electrons. The van der Waals surface area contributed by atoms with Crippen LogP contribution < -0.4 is 10.6 Å². The molecule has 0 radical (unpaired) electrons. The van der Waals surface area contributed by atoms with E-state index < -0.39 is 5.82 Å². The summed E-state index contributed by atoms with van der Waals surface area (Å²) >= 11 is 0. The number of hydrogen-bond acceptors (Lipinski definition) is 3. The van der Waals surface area contributed by atoms with E-state index in [-0.39, 0.29) is 36.3 Å². The Morgan fingerprint density at radius 1 is 1.37 bits per heavy atom. The highest BCUT2D eigenvalue weighted by Crippen LogP contribution is 2.16. The number of fused-ring (bicyclic) bond motifs is 1. The lowest BCUT2D eigenvalue weighted by atomic mass is 10.1. The minimum atomic E-state index is -0.458. The lowest BCUT2D eigenvalue weighted by molar-refractivity contribution is 0.0955. The van der Waals surface area contributed by atoms with Crippen molar-refractivity contribution in [1.29, 1.82) is 0 Å². The Kier molecular flexibility index (Phi) is 7.36. The predicted octanol–water partition coefficient (Wildman–Crippen LogP) is 1.49. The third-order valence-electron chi connectivity index (χ3n) is 2.39. The highest BCUT2D eigenvalue weighted by Gasteiger charge is 2.13. The minimum absolute atomic E-state index is 0. The molecule has 0 saturated heterocycles. The predicted molar refractivity (Wildman–Crippen MR) is 76.8 cm³/mol. The number of benzene rings is 1. The van der Waals surface area contributed by atoms with Crippen molar-refractivity contribution < 1.29 is 9.18 Å². The first-order valence-electron chi connectivity index (χ1n) is 5.28. The molecule has 8 heteroatoms. The van der Waals surface area contributed by atoms with Crippen molar-refractivity contribution in [2.75, 3.05) is 20.1 Å². The maximum atomic E-state index is 13.3. The molecule has 0 atom stereocenters. The van der Waals surface area contributed by atoms with Crippen molar-refractivity contribution in [2.24, 2.45) is 0 Å². The topological polar surface area (TPSA) is 69.8 Å². The second-order valence-corrected chi connectivity index (χ2v) is 3.61. The van der Waals surface area contributed by atoms with Crippen LogP contribution in [0.2, 0.25) is 0 Å². The SMILES string of the molecule is CNCCNC(=O)c1cc(F)cc2[nH]cnc12.Cl.Cl. The van der Waals surface area contributed by atoms with Crippen molar-refractivity contribution in [3.05, 3.63) is 29.8 Å². The first kappa shape index (κ1) is 17.6. The second kappa shape index (κ2) is 7.93. The largest absolute Gasteiger partial charge is 0.351 e. The lowest BCUT2D eigenvalue weighted by Crippen LogP contribution is -2.30. The number of aromatic amines is 1. The maximum Gasteiger partial charge on any atom is 0.253 e. The van der Waals surface area contributed by atoms with Crippen LogP contribution in [0.5, 0.6) is 0 Å². The third-order valence-corrected chi connectivity index (χ3v) is 2.39. The van der Waals surface area contributed by atoms with Gasteiger partial charge in [0.1, 0.15) is 11.3 Å². The molecule has 2 rings (SSSR count). The number of carbonyl (C=O) groups excluding carboxylic acids is 1. The molecule has 1 aromatic carbocycles. The molecule has 0 unspecified atom stereocenters. The second-order valence-electron chi connectivity index (χ2n) is 3.61. The number of H-pyrrole nitrogens is 1. The summed E-state index contributed by atoms with van der Waals surface area (Å²) in [5, 5.41) is 5.59. The number of imidazole rings is 1. The van der Waals surface area contributed by atoms with Gasteiger partial charge in [0.15, 0.2) is 0 Å².